The van der Waals surface area contributed by atoms with Crippen LogP contribution in [0.15, 0.2) is 29.4 Å². The fraction of sp³-hybridized carbons (Fsp3) is 0.579. The Labute approximate surface area is 148 Å². The van der Waals surface area contributed by atoms with Crippen molar-refractivity contribution in [1.29, 1.82) is 0 Å². The Balaban J connectivity index is 1.61. The number of hydrogen-bond donors (Lipinski definition) is 1. The van der Waals surface area contributed by atoms with Gasteiger partial charge in [-0.05, 0) is 38.7 Å². The van der Waals surface area contributed by atoms with Gasteiger partial charge in [-0.1, -0.05) is 35.0 Å². The van der Waals surface area contributed by atoms with E-state index in [0.29, 0.717) is 19.8 Å². The second-order valence-corrected chi connectivity index (χ2v) is 6.61. The minimum Gasteiger partial charge on any atom is -0.477 e. The number of nitrogens with zero attached hydrogens (tertiary/aromatic N) is 1. The molecule has 6 nitrogen and oxygen atoms in total. The predicted molar refractivity (Wildman–Crippen MR) is 94.6 cm³/mol. The van der Waals surface area contributed by atoms with Crippen LogP contribution in [0.4, 0.5) is 0 Å². The molecule has 1 aromatic carbocycles. The number of ether oxygens (including phenoxy) is 2. The molecule has 0 aliphatic carbocycles. The summed E-state index contributed by atoms with van der Waals surface area (Å²) in [6.45, 7) is 6.81. The largest absolute Gasteiger partial charge is 0.477 e. The summed E-state index contributed by atoms with van der Waals surface area (Å²) in [6, 6.07) is 8.15. The molecule has 6 heteroatoms. The lowest BCUT2D eigenvalue weighted by Gasteiger charge is -2.34. The van der Waals surface area contributed by atoms with Crippen LogP contribution in [0.2, 0.25) is 0 Å². The molecule has 0 atom stereocenters. The number of hydrogen-bond acceptors (Lipinski definition) is 5. The van der Waals surface area contributed by atoms with E-state index in [9.17, 15) is 4.79 Å². The summed E-state index contributed by atoms with van der Waals surface area (Å²) in [5, 5.41) is 13.2. The van der Waals surface area contributed by atoms with Crippen molar-refractivity contribution in [2.24, 2.45) is 11.1 Å². The van der Waals surface area contributed by atoms with Crippen LogP contribution < -0.4 is 0 Å². The molecule has 0 saturated carbocycles. The van der Waals surface area contributed by atoms with Gasteiger partial charge in [0.25, 0.3) is 5.79 Å². The van der Waals surface area contributed by atoms with Gasteiger partial charge in [-0.3, -0.25) is 0 Å². The van der Waals surface area contributed by atoms with E-state index < -0.39 is 11.8 Å². The molecule has 0 aromatic heterocycles. The molecule has 1 N–H and O–H groups in total. The Morgan fingerprint density at radius 1 is 1.36 bits per heavy atom. The van der Waals surface area contributed by atoms with Gasteiger partial charge in [0, 0.05) is 12.8 Å². The third kappa shape index (κ3) is 5.83. The molecule has 1 fully saturated rings. The summed E-state index contributed by atoms with van der Waals surface area (Å²) in [5.41, 5.74) is 3.13. The van der Waals surface area contributed by atoms with Crippen molar-refractivity contribution in [3.63, 3.8) is 0 Å². The van der Waals surface area contributed by atoms with Gasteiger partial charge < -0.3 is 19.4 Å². The minimum atomic E-state index is -1.50. The summed E-state index contributed by atoms with van der Waals surface area (Å²) in [6.07, 6.45) is 2.76. The molecule has 1 aromatic rings. The first-order valence-corrected chi connectivity index (χ1v) is 8.65. The number of benzene rings is 1. The maximum Gasteiger partial charge on any atom is 0.364 e. The summed E-state index contributed by atoms with van der Waals surface area (Å²) >= 11 is 0. The summed E-state index contributed by atoms with van der Waals surface area (Å²) in [7, 11) is 0. The average molecular weight is 349 g/mol. The topological polar surface area (TPSA) is 77.4 Å². The molecule has 0 bridgehead atoms. The zero-order chi connectivity index (χ0) is 18.3. The van der Waals surface area contributed by atoms with Crippen LogP contribution in [0.3, 0.4) is 0 Å². The molecule has 0 radical (unpaired) electrons. The van der Waals surface area contributed by atoms with Crippen LogP contribution in [0.1, 0.15) is 44.2 Å². The van der Waals surface area contributed by atoms with Crippen LogP contribution in [0.25, 0.3) is 0 Å². The maximum absolute atomic E-state index is 11.0. The first kappa shape index (κ1) is 19.4. The lowest BCUT2D eigenvalue weighted by molar-refractivity contribution is -0.271. The van der Waals surface area contributed by atoms with Crippen LogP contribution >= 0.6 is 0 Å². The lowest BCUT2D eigenvalue weighted by atomic mass is 10.0. The van der Waals surface area contributed by atoms with Crippen molar-refractivity contribution in [2.45, 2.75) is 45.8 Å². The second-order valence-electron chi connectivity index (χ2n) is 6.61. The van der Waals surface area contributed by atoms with Gasteiger partial charge in [0.1, 0.15) is 6.61 Å². The fourth-order valence-corrected chi connectivity index (χ4v) is 2.60. The number of carboxylic acids is 1. The maximum atomic E-state index is 11.0. The highest BCUT2D eigenvalue weighted by Crippen LogP contribution is 2.24. The highest BCUT2D eigenvalue weighted by atomic mass is 16.7. The number of unbranched alkanes of at least 4 members (excludes halogenated alkanes) is 1. The van der Waals surface area contributed by atoms with E-state index in [2.05, 4.69) is 24.2 Å². The van der Waals surface area contributed by atoms with Crippen LogP contribution in [-0.4, -0.2) is 42.4 Å². The summed E-state index contributed by atoms with van der Waals surface area (Å²) in [5.74, 6) is -2.35. The first-order valence-electron chi connectivity index (χ1n) is 8.65. The molecule has 1 aliphatic rings. The van der Waals surface area contributed by atoms with Gasteiger partial charge in [0.2, 0.25) is 0 Å². The van der Waals surface area contributed by atoms with Gasteiger partial charge in [0.15, 0.2) is 0 Å². The van der Waals surface area contributed by atoms with Crippen molar-refractivity contribution < 1.29 is 24.2 Å². The Kier molecular flexibility index (Phi) is 6.96. The van der Waals surface area contributed by atoms with Gasteiger partial charge in [0.05, 0.1) is 18.9 Å². The number of rotatable bonds is 8. The summed E-state index contributed by atoms with van der Waals surface area (Å²) in [4.78, 5) is 16.4. The van der Waals surface area contributed by atoms with Gasteiger partial charge in [-0.2, -0.15) is 0 Å². The highest BCUT2D eigenvalue weighted by Gasteiger charge is 2.40. The van der Waals surface area contributed by atoms with E-state index in [1.807, 2.05) is 19.1 Å². The molecule has 25 heavy (non-hydrogen) atoms. The van der Waals surface area contributed by atoms with Crippen LogP contribution in [0.5, 0.6) is 0 Å². The Morgan fingerprint density at radius 2 is 2.08 bits per heavy atom. The lowest BCUT2D eigenvalue weighted by Crippen LogP contribution is -2.47. The molecule has 0 amide bonds. The van der Waals surface area contributed by atoms with Crippen LogP contribution in [0, 0.1) is 12.8 Å². The molecule has 1 aliphatic heterocycles. The normalized spacial score (nSPS) is 24.1. The number of carboxylic acid groups (broad SMARTS) is 1. The molecular formula is C19H27NO5. The minimum absolute atomic E-state index is 0.227. The van der Waals surface area contributed by atoms with Crippen molar-refractivity contribution in [2.75, 3.05) is 19.8 Å². The number of oxime groups is 1. The number of aryl methyl sites for hydroxylation is 1. The molecule has 2 rings (SSSR count). The second kappa shape index (κ2) is 8.97. The van der Waals surface area contributed by atoms with Crippen molar-refractivity contribution in [3.8, 4) is 0 Å². The average Bonchev–Trinajstić information content (AvgIpc) is 2.59. The zero-order valence-corrected chi connectivity index (χ0v) is 15.2. The predicted octanol–water partition coefficient (Wildman–Crippen LogP) is 3.37. The molecule has 1 saturated heterocycles. The summed E-state index contributed by atoms with van der Waals surface area (Å²) < 4.78 is 10.7. The zero-order valence-electron chi connectivity index (χ0n) is 15.2. The smallest absolute Gasteiger partial charge is 0.364 e. The molecule has 0 spiro atoms. The van der Waals surface area contributed by atoms with E-state index in [0.717, 1.165) is 30.5 Å². The van der Waals surface area contributed by atoms with Crippen LogP contribution in [-0.2, 0) is 19.1 Å². The third-order valence-electron chi connectivity index (χ3n) is 4.31. The Bertz CT molecular complexity index is 606. The first-order chi connectivity index (χ1) is 11.9. The van der Waals surface area contributed by atoms with Crippen molar-refractivity contribution in [3.05, 3.63) is 35.4 Å². The molecular weight excluding hydrogens is 322 g/mol. The Morgan fingerprint density at radius 3 is 2.72 bits per heavy atom. The van der Waals surface area contributed by atoms with Gasteiger partial charge in [-0.25, -0.2) is 4.79 Å². The van der Waals surface area contributed by atoms with Gasteiger partial charge >= 0.3 is 5.97 Å². The van der Waals surface area contributed by atoms with E-state index >= 15 is 0 Å². The monoisotopic (exact) mass is 349 g/mol. The molecule has 0 unspecified atom stereocenters. The standard InChI is InChI=1S/C19H27NO5/c1-14-7-6-9-17(11-14)15(2)20-25-10-5-4-8-16-12-23-19(3,18(21)22)24-13-16/h6-7,9,11,16H,4-5,8,10,12-13H2,1-3H3,(H,21,22). The SMILES string of the molecule is CC(=NOCCCCC1COC(C)(C(=O)O)OC1)c1cccc(C)c1. The van der Waals surface area contributed by atoms with Crippen molar-refractivity contribution >= 4 is 11.7 Å². The highest BCUT2D eigenvalue weighted by molar-refractivity contribution is 5.98. The van der Waals surface area contributed by atoms with E-state index in [1.54, 1.807) is 0 Å². The van der Waals surface area contributed by atoms with E-state index in [4.69, 9.17) is 19.4 Å². The third-order valence-corrected chi connectivity index (χ3v) is 4.31. The van der Waals surface area contributed by atoms with Crippen molar-refractivity contribution in [1.82, 2.24) is 0 Å². The van der Waals surface area contributed by atoms with E-state index in [-0.39, 0.29) is 5.92 Å². The Hall–Kier alpha value is -1.92. The molecule has 1 heterocycles. The van der Waals surface area contributed by atoms with E-state index in [1.165, 1.54) is 12.5 Å². The molecule has 138 valence electrons. The number of carbonyl (C=O) groups is 1. The number of aliphatic carboxylic acids is 1. The van der Waals surface area contributed by atoms with Gasteiger partial charge in [-0.15, -0.1) is 0 Å². The quantitative estimate of drug-likeness (QED) is 0.442. The fourth-order valence-electron chi connectivity index (χ4n) is 2.60.